The number of aryl methyl sites for hydroxylation is 1. The van der Waals surface area contributed by atoms with Gasteiger partial charge in [0.05, 0.1) is 14.2 Å². The average molecular weight is 346 g/mol. The predicted octanol–water partition coefficient (Wildman–Crippen LogP) is 5.69. The lowest BCUT2D eigenvalue weighted by molar-refractivity contribution is 0.411. The largest absolute Gasteiger partial charge is 0.497 e. The summed E-state index contributed by atoms with van der Waals surface area (Å²) in [6, 6.07) is 11.3. The Morgan fingerprint density at radius 2 is 1.33 bits per heavy atom. The number of hydrogen-bond donors (Lipinski definition) is 0. The van der Waals surface area contributed by atoms with E-state index in [-0.39, 0.29) is 11.6 Å². The summed E-state index contributed by atoms with van der Waals surface area (Å²) in [5, 5.41) is 0. The quantitative estimate of drug-likeness (QED) is 0.604. The molecule has 5 heteroatoms. The minimum atomic E-state index is -0.364. The maximum Gasteiger partial charge on any atom is 0.135 e. The highest BCUT2D eigenvalue weighted by Gasteiger charge is 2.16. The summed E-state index contributed by atoms with van der Waals surface area (Å²) in [7, 11) is 2.99. The van der Waals surface area contributed by atoms with Crippen LogP contribution in [-0.4, -0.2) is 14.2 Å². The van der Waals surface area contributed by atoms with Crippen molar-refractivity contribution in [3.05, 3.63) is 59.7 Å². The molecule has 0 bridgehead atoms. The van der Waals surface area contributed by atoms with Gasteiger partial charge < -0.3 is 9.47 Å². The summed E-state index contributed by atoms with van der Waals surface area (Å²) in [6.45, 7) is 1.89. The van der Waals surface area contributed by atoms with Gasteiger partial charge in [-0.3, -0.25) is 0 Å². The lowest BCUT2D eigenvalue weighted by Gasteiger charge is -2.05. The molecular weight excluding hydrogens is 330 g/mol. The Morgan fingerprint density at radius 1 is 0.792 bits per heavy atom. The highest BCUT2D eigenvalue weighted by molar-refractivity contribution is 7.19. The van der Waals surface area contributed by atoms with Crippen LogP contribution in [0, 0.1) is 18.6 Å². The molecule has 2 nitrogen and oxygen atoms in total. The maximum absolute atomic E-state index is 14.3. The Hall–Kier alpha value is -2.40. The zero-order valence-corrected chi connectivity index (χ0v) is 14.3. The molecule has 0 aliphatic rings. The predicted molar refractivity (Wildman–Crippen MR) is 92.9 cm³/mol. The van der Waals surface area contributed by atoms with Crippen molar-refractivity contribution in [3.63, 3.8) is 0 Å². The van der Waals surface area contributed by atoms with Gasteiger partial charge in [-0.05, 0) is 42.8 Å². The number of benzene rings is 2. The molecule has 0 N–H and O–H groups in total. The number of thiophene rings is 1. The maximum atomic E-state index is 14.3. The molecule has 1 heterocycles. The van der Waals surface area contributed by atoms with Crippen molar-refractivity contribution in [1.29, 1.82) is 0 Å². The highest BCUT2D eigenvalue weighted by atomic mass is 32.1. The SMILES string of the molecule is COc1ccc(-c2cc(C)c(-c3ccc(OC)cc3F)s2)c(F)c1. The van der Waals surface area contributed by atoms with Crippen LogP contribution in [0.15, 0.2) is 42.5 Å². The van der Waals surface area contributed by atoms with E-state index in [0.29, 0.717) is 22.6 Å². The van der Waals surface area contributed by atoms with E-state index < -0.39 is 0 Å². The van der Waals surface area contributed by atoms with Crippen LogP contribution in [0.25, 0.3) is 20.9 Å². The minimum Gasteiger partial charge on any atom is -0.497 e. The first-order chi connectivity index (χ1) is 11.5. The molecule has 0 unspecified atom stereocenters. The van der Waals surface area contributed by atoms with Crippen LogP contribution in [-0.2, 0) is 0 Å². The second-order valence-corrected chi connectivity index (χ2v) is 6.37. The second-order valence-electron chi connectivity index (χ2n) is 5.31. The topological polar surface area (TPSA) is 18.5 Å². The van der Waals surface area contributed by atoms with E-state index in [1.54, 1.807) is 24.3 Å². The summed E-state index contributed by atoms with van der Waals surface area (Å²) < 4.78 is 38.7. The van der Waals surface area contributed by atoms with Gasteiger partial charge in [-0.15, -0.1) is 11.3 Å². The molecule has 2 aromatic carbocycles. The second kappa shape index (κ2) is 6.61. The smallest absolute Gasteiger partial charge is 0.135 e. The van der Waals surface area contributed by atoms with Crippen LogP contribution < -0.4 is 9.47 Å². The summed E-state index contributed by atoms with van der Waals surface area (Å²) in [6.07, 6.45) is 0. The van der Waals surface area contributed by atoms with Crippen LogP contribution in [0.5, 0.6) is 11.5 Å². The Kier molecular flexibility index (Phi) is 4.53. The Balaban J connectivity index is 2.05. The number of rotatable bonds is 4. The van der Waals surface area contributed by atoms with Crippen molar-refractivity contribution < 1.29 is 18.3 Å². The van der Waals surface area contributed by atoms with Gasteiger partial charge in [-0.1, -0.05) is 0 Å². The lowest BCUT2D eigenvalue weighted by atomic mass is 10.1. The Labute approximate surface area is 143 Å². The van der Waals surface area contributed by atoms with Gasteiger partial charge in [-0.25, -0.2) is 8.78 Å². The molecule has 124 valence electrons. The van der Waals surface area contributed by atoms with E-state index in [4.69, 9.17) is 9.47 Å². The van der Waals surface area contributed by atoms with Crippen LogP contribution in [0.4, 0.5) is 8.78 Å². The first kappa shape index (κ1) is 16.5. The third kappa shape index (κ3) is 2.99. The first-order valence-electron chi connectivity index (χ1n) is 7.31. The fraction of sp³-hybridized carbons (Fsp3) is 0.158. The van der Waals surface area contributed by atoms with E-state index >= 15 is 0 Å². The van der Waals surface area contributed by atoms with Gasteiger partial charge in [-0.2, -0.15) is 0 Å². The minimum absolute atomic E-state index is 0.360. The molecule has 0 atom stereocenters. The zero-order chi connectivity index (χ0) is 17.3. The molecule has 0 spiro atoms. The molecule has 0 saturated carbocycles. The molecule has 0 amide bonds. The molecular formula is C19H16F2O2S. The van der Waals surface area contributed by atoms with Crippen molar-refractivity contribution in [1.82, 2.24) is 0 Å². The fourth-order valence-corrected chi connectivity index (χ4v) is 3.74. The number of methoxy groups -OCH3 is 2. The van der Waals surface area contributed by atoms with Crippen LogP contribution in [0.3, 0.4) is 0 Å². The van der Waals surface area contributed by atoms with Crippen molar-refractivity contribution >= 4 is 11.3 Å². The first-order valence-corrected chi connectivity index (χ1v) is 8.13. The highest BCUT2D eigenvalue weighted by Crippen LogP contribution is 2.40. The summed E-state index contributed by atoms with van der Waals surface area (Å²) in [5.74, 6) is 0.205. The van der Waals surface area contributed by atoms with Crippen molar-refractivity contribution in [2.75, 3.05) is 14.2 Å². The number of halogens is 2. The molecule has 3 aromatic rings. The number of ether oxygens (including phenoxy) is 2. The van der Waals surface area contributed by atoms with Gasteiger partial charge in [0.15, 0.2) is 0 Å². The fourth-order valence-electron chi connectivity index (χ4n) is 2.51. The normalized spacial score (nSPS) is 10.7. The van der Waals surface area contributed by atoms with Gasteiger partial charge in [0.2, 0.25) is 0 Å². The standard InChI is InChI=1S/C19H16F2O2S/c1-11-8-18(14-6-4-12(22-2)9-16(14)20)24-19(11)15-7-5-13(23-3)10-17(15)21/h4-10H,1-3H3. The molecule has 0 aliphatic carbocycles. The molecule has 0 saturated heterocycles. The lowest BCUT2D eigenvalue weighted by Crippen LogP contribution is -1.87. The summed E-state index contributed by atoms with van der Waals surface area (Å²) in [5.41, 5.74) is 1.86. The number of hydrogen-bond acceptors (Lipinski definition) is 3. The van der Waals surface area contributed by atoms with Crippen LogP contribution in [0.1, 0.15) is 5.56 Å². The van der Waals surface area contributed by atoms with E-state index in [0.717, 1.165) is 15.3 Å². The summed E-state index contributed by atoms with van der Waals surface area (Å²) >= 11 is 1.36. The Morgan fingerprint density at radius 3 is 1.83 bits per heavy atom. The van der Waals surface area contributed by atoms with E-state index in [2.05, 4.69) is 0 Å². The molecule has 0 fully saturated rings. The van der Waals surface area contributed by atoms with Crippen molar-refractivity contribution in [2.45, 2.75) is 6.92 Å². The van der Waals surface area contributed by atoms with Gasteiger partial charge in [0, 0.05) is 33.0 Å². The third-order valence-corrected chi connectivity index (χ3v) is 5.08. The van der Waals surface area contributed by atoms with E-state index in [1.807, 2.05) is 13.0 Å². The average Bonchev–Trinajstić information content (AvgIpc) is 2.95. The third-order valence-electron chi connectivity index (χ3n) is 3.78. The molecule has 0 radical (unpaired) electrons. The van der Waals surface area contributed by atoms with Crippen LogP contribution >= 0.6 is 11.3 Å². The monoisotopic (exact) mass is 346 g/mol. The molecule has 24 heavy (non-hydrogen) atoms. The van der Waals surface area contributed by atoms with Gasteiger partial charge >= 0.3 is 0 Å². The molecule has 0 aliphatic heterocycles. The molecule has 1 aromatic heterocycles. The van der Waals surface area contributed by atoms with Gasteiger partial charge in [0.1, 0.15) is 23.1 Å². The van der Waals surface area contributed by atoms with Crippen molar-refractivity contribution in [3.8, 4) is 32.4 Å². The van der Waals surface area contributed by atoms with Crippen molar-refractivity contribution in [2.24, 2.45) is 0 Å². The van der Waals surface area contributed by atoms with Gasteiger partial charge in [0.25, 0.3) is 0 Å². The summed E-state index contributed by atoms with van der Waals surface area (Å²) in [4.78, 5) is 1.53. The van der Waals surface area contributed by atoms with E-state index in [1.165, 1.54) is 37.7 Å². The zero-order valence-electron chi connectivity index (χ0n) is 13.5. The molecule has 3 rings (SSSR count). The van der Waals surface area contributed by atoms with E-state index in [9.17, 15) is 8.78 Å². The van der Waals surface area contributed by atoms with Crippen LogP contribution in [0.2, 0.25) is 0 Å². The Bertz CT molecular complexity index is 887.